The van der Waals surface area contributed by atoms with E-state index in [1.54, 1.807) is 6.07 Å². The van der Waals surface area contributed by atoms with Crippen molar-refractivity contribution in [1.29, 1.82) is 5.26 Å². The van der Waals surface area contributed by atoms with Crippen LogP contribution in [0.25, 0.3) is 0 Å². The van der Waals surface area contributed by atoms with E-state index >= 15 is 0 Å². The van der Waals surface area contributed by atoms with E-state index in [0.29, 0.717) is 31.3 Å². The highest BCUT2D eigenvalue weighted by molar-refractivity contribution is 5.45. The van der Waals surface area contributed by atoms with Gasteiger partial charge >= 0.3 is 0 Å². The fraction of sp³-hybridized carbons (Fsp3) is 0.462. The van der Waals surface area contributed by atoms with E-state index in [1.807, 2.05) is 6.07 Å². The highest BCUT2D eigenvalue weighted by atomic mass is 16.6. The number of nitro groups is 1. The number of nitriles is 1. The third kappa shape index (κ3) is 6.56. The van der Waals surface area contributed by atoms with E-state index in [0.717, 1.165) is 0 Å². The summed E-state index contributed by atoms with van der Waals surface area (Å²) in [6.45, 7) is 1.26. The Labute approximate surface area is 121 Å². The number of hydrogen-bond acceptors (Lipinski definition) is 7. The van der Waals surface area contributed by atoms with Gasteiger partial charge in [0.25, 0.3) is 5.69 Å². The Kier molecular flexibility index (Phi) is 7.56. The van der Waals surface area contributed by atoms with Gasteiger partial charge in [0.1, 0.15) is 24.7 Å². The summed E-state index contributed by atoms with van der Waals surface area (Å²) in [4.78, 5) is 10.2. The van der Waals surface area contributed by atoms with Crippen molar-refractivity contribution in [2.75, 3.05) is 40.1 Å². The second-order valence-corrected chi connectivity index (χ2v) is 3.80. The van der Waals surface area contributed by atoms with Gasteiger partial charge in [-0.2, -0.15) is 5.26 Å². The Morgan fingerprint density at radius 2 is 1.81 bits per heavy atom. The summed E-state index contributed by atoms with van der Waals surface area (Å²) in [5.41, 5.74) is -0.102. The lowest BCUT2D eigenvalue weighted by molar-refractivity contribution is -0.385. The lowest BCUT2D eigenvalue weighted by Gasteiger charge is -2.08. The monoisotopic (exact) mass is 296 g/mol. The van der Waals surface area contributed by atoms with Gasteiger partial charge in [0.15, 0.2) is 0 Å². The van der Waals surface area contributed by atoms with Gasteiger partial charge in [-0.15, -0.1) is 0 Å². The quantitative estimate of drug-likeness (QED) is 0.366. The fourth-order valence-electron chi connectivity index (χ4n) is 1.42. The van der Waals surface area contributed by atoms with E-state index in [4.69, 9.17) is 24.2 Å². The van der Waals surface area contributed by atoms with Gasteiger partial charge in [-0.3, -0.25) is 10.1 Å². The lowest BCUT2D eigenvalue weighted by atomic mass is 10.3. The Morgan fingerprint density at radius 3 is 2.48 bits per heavy atom. The van der Waals surface area contributed by atoms with Crippen LogP contribution < -0.4 is 9.47 Å². The molecule has 0 aliphatic rings. The van der Waals surface area contributed by atoms with Crippen molar-refractivity contribution in [3.8, 4) is 17.6 Å². The van der Waals surface area contributed by atoms with Crippen LogP contribution >= 0.6 is 0 Å². The summed E-state index contributed by atoms with van der Waals surface area (Å²) in [7, 11) is 1.42. The summed E-state index contributed by atoms with van der Waals surface area (Å²) in [5.74, 6) is 0.690. The molecule has 0 fully saturated rings. The summed E-state index contributed by atoms with van der Waals surface area (Å²) in [6, 6.07) is 6.04. The average molecular weight is 296 g/mol. The molecule has 0 heterocycles. The molecule has 0 aliphatic carbocycles. The number of benzene rings is 1. The number of nitro benzene ring substituents is 1. The van der Waals surface area contributed by atoms with E-state index in [1.165, 1.54) is 19.2 Å². The normalized spacial score (nSPS) is 9.90. The highest BCUT2D eigenvalue weighted by Crippen LogP contribution is 2.27. The van der Waals surface area contributed by atoms with Crippen molar-refractivity contribution < 1.29 is 23.9 Å². The third-order valence-corrected chi connectivity index (χ3v) is 2.35. The molecule has 1 aromatic carbocycles. The molecular formula is C13H16N2O6. The first kappa shape index (κ1) is 16.7. The van der Waals surface area contributed by atoms with Gasteiger partial charge in [-0.1, -0.05) is 0 Å². The van der Waals surface area contributed by atoms with Crippen LogP contribution in [-0.4, -0.2) is 45.1 Å². The maximum atomic E-state index is 10.8. The van der Waals surface area contributed by atoms with Crippen LogP contribution in [0.5, 0.6) is 11.5 Å². The molecule has 0 N–H and O–H groups in total. The van der Waals surface area contributed by atoms with Gasteiger partial charge in [0, 0.05) is 6.07 Å². The van der Waals surface area contributed by atoms with Gasteiger partial charge in [0.2, 0.25) is 0 Å². The van der Waals surface area contributed by atoms with Crippen LogP contribution in [0.2, 0.25) is 0 Å². The smallest absolute Gasteiger partial charge is 0.276 e. The van der Waals surface area contributed by atoms with Crippen LogP contribution in [0.3, 0.4) is 0 Å². The number of non-ortho nitro benzene ring substituents is 1. The maximum Gasteiger partial charge on any atom is 0.276 e. The van der Waals surface area contributed by atoms with Crippen molar-refractivity contribution in [3.05, 3.63) is 28.3 Å². The summed E-state index contributed by atoms with van der Waals surface area (Å²) in [6.07, 6.45) is 0. The number of nitrogens with zero attached hydrogens (tertiary/aromatic N) is 2. The molecule has 0 aliphatic heterocycles. The van der Waals surface area contributed by atoms with Gasteiger partial charge in [-0.25, -0.2) is 0 Å². The first-order valence-electron chi connectivity index (χ1n) is 6.16. The Balaban J connectivity index is 2.33. The SMILES string of the molecule is COc1cc(OCCOCCOCC#N)cc([N+](=O)[O-])c1. The topological polar surface area (TPSA) is 104 Å². The average Bonchev–Trinajstić information content (AvgIpc) is 2.49. The van der Waals surface area contributed by atoms with Crippen molar-refractivity contribution >= 4 is 5.69 Å². The number of rotatable bonds is 10. The Hall–Kier alpha value is -2.37. The molecule has 1 rings (SSSR count). The Bertz CT molecular complexity index is 500. The van der Waals surface area contributed by atoms with Crippen LogP contribution in [-0.2, 0) is 9.47 Å². The molecule has 0 saturated heterocycles. The van der Waals surface area contributed by atoms with E-state index in [2.05, 4.69) is 0 Å². The minimum Gasteiger partial charge on any atom is -0.496 e. The predicted octanol–water partition coefficient (Wildman–Crippen LogP) is 1.54. The molecule has 0 saturated carbocycles. The minimum absolute atomic E-state index is 0.0351. The van der Waals surface area contributed by atoms with Gasteiger partial charge in [-0.05, 0) is 0 Å². The van der Waals surface area contributed by atoms with Crippen LogP contribution in [0.15, 0.2) is 18.2 Å². The zero-order chi connectivity index (χ0) is 15.5. The van der Waals surface area contributed by atoms with Crippen molar-refractivity contribution in [2.45, 2.75) is 0 Å². The summed E-state index contributed by atoms with van der Waals surface area (Å²) >= 11 is 0. The van der Waals surface area contributed by atoms with E-state index in [9.17, 15) is 10.1 Å². The molecule has 0 atom stereocenters. The molecule has 21 heavy (non-hydrogen) atoms. The standard InChI is InChI=1S/C13H16N2O6/c1-18-12-8-11(15(16)17)9-13(10-12)21-7-6-20-5-4-19-3-2-14/h8-10H,3-7H2,1H3. The van der Waals surface area contributed by atoms with E-state index < -0.39 is 4.92 Å². The third-order valence-electron chi connectivity index (χ3n) is 2.35. The first-order valence-corrected chi connectivity index (χ1v) is 6.16. The van der Waals surface area contributed by atoms with Gasteiger partial charge in [0.05, 0.1) is 50.1 Å². The van der Waals surface area contributed by atoms with Crippen LogP contribution in [0.4, 0.5) is 5.69 Å². The number of methoxy groups -OCH3 is 1. The molecule has 0 radical (unpaired) electrons. The molecule has 0 unspecified atom stereocenters. The number of ether oxygens (including phenoxy) is 4. The van der Waals surface area contributed by atoms with Crippen LogP contribution in [0, 0.1) is 21.4 Å². The first-order chi connectivity index (χ1) is 10.2. The predicted molar refractivity (Wildman–Crippen MR) is 72.4 cm³/mol. The maximum absolute atomic E-state index is 10.8. The molecule has 0 aromatic heterocycles. The second-order valence-electron chi connectivity index (χ2n) is 3.80. The molecular weight excluding hydrogens is 280 g/mol. The van der Waals surface area contributed by atoms with Crippen molar-refractivity contribution in [2.24, 2.45) is 0 Å². The number of hydrogen-bond donors (Lipinski definition) is 0. The molecule has 8 nitrogen and oxygen atoms in total. The minimum atomic E-state index is -0.515. The zero-order valence-electron chi connectivity index (χ0n) is 11.6. The summed E-state index contributed by atoms with van der Waals surface area (Å²) < 4.78 is 20.4. The summed E-state index contributed by atoms with van der Waals surface area (Å²) in [5, 5.41) is 19.0. The zero-order valence-corrected chi connectivity index (χ0v) is 11.6. The molecule has 8 heteroatoms. The largest absolute Gasteiger partial charge is 0.496 e. The molecule has 1 aromatic rings. The molecule has 0 bridgehead atoms. The molecule has 0 amide bonds. The van der Waals surface area contributed by atoms with E-state index in [-0.39, 0.29) is 18.9 Å². The van der Waals surface area contributed by atoms with Crippen LogP contribution in [0.1, 0.15) is 0 Å². The Morgan fingerprint density at radius 1 is 1.14 bits per heavy atom. The van der Waals surface area contributed by atoms with Crippen molar-refractivity contribution in [1.82, 2.24) is 0 Å². The fourth-order valence-corrected chi connectivity index (χ4v) is 1.42. The highest BCUT2D eigenvalue weighted by Gasteiger charge is 2.10. The van der Waals surface area contributed by atoms with Crippen molar-refractivity contribution in [3.63, 3.8) is 0 Å². The lowest BCUT2D eigenvalue weighted by Crippen LogP contribution is -2.11. The second kappa shape index (κ2) is 9.52. The molecule has 114 valence electrons. The molecule has 0 spiro atoms. The van der Waals surface area contributed by atoms with Gasteiger partial charge < -0.3 is 18.9 Å².